The van der Waals surface area contributed by atoms with Crippen LogP contribution < -0.4 is 16.0 Å². The fraction of sp³-hybridized carbons (Fsp3) is 0.333. The standard InChI is InChI=1S/C15H16BrN3O4S/c1-18-9-12(13(20)19(2)14(18)21)24(22,23)17-15(7-8-15)10-3-5-11(16)6-4-10/h3-6,9,17H,7-8H2,1-2H3. The van der Waals surface area contributed by atoms with Gasteiger partial charge in [0.2, 0.25) is 10.0 Å². The van der Waals surface area contributed by atoms with Gasteiger partial charge in [-0.25, -0.2) is 17.9 Å². The summed E-state index contributed by atoms with van der Waals surface area (Å²) in [5.41, 5.74) is -1.26. The minimum Gasteiger partial charge on any atom is -0.302 e. The van der Waals surface area contributed by atoms with E-state index in [1.54, 1.807) is 0 Å². The molecule has 1 heterocycles. The van der Waals surface area contributed by atoms with Crippen molar-refractivity contribution in [3.63, 3.8) is 0 Å². The van der Waals surface area contributed by atoms with E-state index < -0.39 is 31.7 Å². The second-order valence-electron chi connectivity index (χ2n) is 5.95. The van der Waals surface area contributed by atoms with Gasteiger partial charge in [0.25, 0.3) is 5.56 Å². The molecule has 9 heteroatoms. The summed E-state index contributed by atoms with van der Waals surface area (Å²) in [6.07, 6.45) is 2.37. The number of hydrogen-bond acceptors (Lipinski definition) is 4. The second kappa shape index (κ2) is 5.68. The highest BCUT2D eigenvalue weighted by Gasteiger charge is 2.48. The van der Waals surface area contributed by atoms with Gasteiger partial charge in [0.1, 0.15) is 0 Å². The molecule has 24 heavy (non-hydrogen) atoms. The Morgan fingerprint density at radius 2 is 1.71 bits per heavy atom. The number of nitrogens with zero attached hydrogens (tertiary/aromatic N) is 2. The molecule has 1 saturated carbocycles. The van der Waals surface area contributed by atoms with Crippen LogP contribution in [0.15, 0.2) is 49.4 Å². The number of nitrogens with one attached hydrogen (secondary N) is 1. The molecule has 0 radical (unpaired) electrons. The van der Waals surface area contributed by atoms with Crippen LogP contribution in [-0.4, -0.2) is 17.6 Å². The Bertz CT molecular complexity index is 1020. The Morgan fingerprint density at radius 3 is 2.25 bits per heavy atom. The number of sulfonamides is 1. The van der Waals surface area contributed by atoms with Crippen LogP contribution >= 0.6 is 15.9 Å². The van der Waals surface area contributed by atoms with Crippen LogP contribution in [0.2, 0.25) is 0 Å². The van der Waals surface area contributed by atoms with Crippen LogP contribution in [0.3, 0.4) is 0 Å². The normalized spacial score (nSPS) is 16.1. The molecule has 2 aromatic rings. The molecule has 0 amide bonds. The van der Waals surface area contributed by atoms with Crippen LogP contribution in [0, 0.1) is 0 Å². The van der Waals surface area contributed by atoms with E-state index in [1.807, 2.05) is 24.3 Å². The van der Waals surface area contributed by atoms with Gasteiger partial charge in [-0.1, -0.05) is 28.1 Å². The van der Waals surface area contributed by atoms with Crippen LogP contribution in [0.5, 0.6) is 0 Å². The maximum absolute atomic E-state index is 12.7. The van der Waals surface area contributed by atoms with Crippen LogP contribution in [0.4, 0.5) is 0 Å². The van der Waals surface area contributed by atoms with Gasteiger partial charge in [0.05, 0.1) is 5.54 Å². The Kier molecular flexibility index (Phi) is 4.05. The molecule has 7 nitrogen and oxygen atoms in total. The number of aromatic nitrogens is 2. The molecule has 128 valence electrons. The molecule has 1 aliphatic rings. The van der Waals surface area contributed by atoms with Crippen molar-refractivity contribution in [1.82, 2.24) is 13.9 Å². The smallest absolute Gasteiger partial charge is 0.302 e. The van der Waals surface area contributed by atoms with Crippen LogP contribution in [0.1, 0.15) is 18.4 Å². The average molecular weight is 414 g/mol. The molecular weight excluding hydrogens is 398 g/mol. The van der Waals surface area contributed by atoms with E-state index in [4.69, 9.17) is 0 Å². The molecule has 1 aliphatic carbocycles. The molecule has 0 aliphatic heterocycles. The maximum Gasteiger partial charge on any atom is 0.330 e. The van der Waals surface area contributed by atoms with Crippen molar-refractivity contribution in [3.8, 4) is 0 Å². The zero-order valence-electron chi connectivity index (χ0n) is 13.1. The van der Waals surface area contributed by atoms with Crippen molar-refractivity contribution in [1.29, 1.82) is 0 Å². The SMILES string of the molecule is Cn1cc(S(=O)(=O)NC2(c3ccc(Br)cc3)CC2)c(=O)n(C)c1=O. The van der Waals surface area contributed by atoms with E-state index >= 15 is 0 Å². The minimum absolute atomic E-state index is 0.435. The molecule has 1 N–H and O–H groups in total. The lowest BCUT2D eigenvalue weighted by atomic mass is 10.1. The first-order valence-electron chi connectivity index (χ1n) is 7.23. The predicted molar refractivity (Wildman–Crippen MR) is 92.3 cm³/mol. The topological polar surface area (TPSA) is 90.2 Å². The quantitative estimate of drug-likeness (QED) is 0.802. The van der Waals surface area contributed by atoms with E-state index in [2.05, 4.69) is 20.7 Å². The summed E-state index contributed by atoms with van der Waals surface area (Å²) < 4.78 is 30.8. The molecule has 0 spiro atoms. The molecular formula is C15H16BrN3O4S. The molecule has 0 unspecified atom stereocenters. The Labute approximate surface area is 147 Å². The molecule has 0 saturated heterocycles. The van der Waals surface area contributed by atoms with Crippen molar-refractivity contribution in [2.75, 3.05) is 0 Å². The van der Waals surface area contributed by atoms with Crippen molar-refractivity contribution >= 4 is 26.0 Å². The highest BCUT2D eigenvalue weighted by atomic mass is 79.9. The van der Waals surface area contributed by atoms with Gasteiger partial charge < -0.3 is 4.57 Å². The molecule has 0 atom stereocenters. The predicted octanol–water partition coefficient (Wildman–Crippen LogP) is 0.814. The third-order valence-electron chi connectivity index (χ3n) is 4.18. The van der Waals surface area contributed by atoms with E-state index in [0.717, 1.165) is 25.4 Å². The van der Waals surface area contributed by atoms with Crippen molar-refractivity contribution in [2.24, 2.45) is 14.1 Å². The van der Waals surface area contributed by atoms with Gasteiger partial charge in [-0.3, -0.25) is 9.36 Å². The number of aryl methyl sites for hydroxylation is 1. The number of benzene rings is 1. The lowest BCUT2D eigenvalue weighted by Crippen LogP contribution is -2.43. The summed E-state index contributed by atoms with van der Waals surface area (Å²) in [6, 6.07) is 7.38. The maximum atomic E-state index is 12.7. The number of rotatable bonds is 4. The summed E-state index contributed by atoms with van der Waals surface area (Å²) >= 11 is 3.35. The summed E-state index contributed by atoms with van der Waals surface area (Å²) in [6.45, 7) is 0. The van der Waals surface area contributed by atoms with Crippen LogP contribution in [0.25, 0.3) is 0 Å². The highest BCUT2D eigenvalue weighted by molar-refractivity contribution is 9.10. The van der Waals surface area contributed by atoms with Gasteiger partial charge in [0.15, 0.2) is 4.90 Å². The van der Waals surface area contributed by atoms with Crippen molar-refractivity contribution in [3.05, 3.63) is 61.3 Å². The van der Waals surface area contributed by atoms with E-state index in [1.165, 1.54) is 14.1 Å². The summed E-state index contributed by atoms with van der Waals surface area (Å²) in [7, 11) is -1.40. The van der Waals surface area contributed by atoms with Gasteiger partial charge in [-0.15, -0.1) is 0 Å². The molecule has 1 aromatic heterocycles. The molecule has 0 bridgehead atoms. The van der Waals surface area contributed by atoms with Gasteiger partial charge in [0, 0.05) is 24.8 Å². The van der Waals surface area contributed by atoms with E-state index in [-0.39, 0.29) is 0 Å². The second-order valence-corrected chi connectivity index (χ2v) is 8.51. The van der Waals surface area contributed by atoms with Crippen molar-refractivity contribution < 1.29 is 8.42 Å². The number of halogens is 1. The minimum atomic E-state index is -4.06. The Hall–Kier alpha value is -1.71. The van der Waals surface area contributed by atoms with Gasteiger partial charge >= 0.3 is 5.69 Å². The van der Waals surface area contributed by atoms with Gasteiger partial charge in [-0.2, -0.15) is 0 Å². The van der Waals surface area contributed by atoms with Crippen molar-refractivity contribution in [2.45, 2.75) is 23.3 Å². The molecule has 1 fully saturated rings. The summed E-state index contributed by atoms with van der Waals surface area (Å²) in [4.78, 5) is 23.5. The van der Waals surface area contributed by atoms with Gasteiger partial charge in [-0.05, 0) is 30.5 Å². The van der Waals surface area contributed by atoms with Crippen LogP contribution in [-0.2, 0) is 29.7 Å². The summed E-state index contributed by atoms with van der Waals surface area (Å²) in [5, 5.41) is 0. The third-order valence-corrected chi connectivity index (χ3v) is 6.23. The zero-order chi connectivity index (χ0) is 17.7. The number of hydrogen-bond donors (Lipinski definition) is 1. The summed E-state index contributed by atoms with van der Waals surface area (Å²) in [5.74, 6) is 0. The fourth-order valence-corrected chi connectivity index (χ4v) is 4.49. The fourth-order valence-electron chi connectivity index (χ4n) is 2.62. The largest absolute Gasteiger partial charge is 0.330 e. The Morgan fingerprint density at radius 1 is 1.12 bits per heavy atom. The molecule has 1 aromatic carbocycles. The lowest BCUT2D eigenvalue weighted by Gasteiger charge is -2.18. The van der Waals surface area contributed by atoms with E-state index in [9.17, 15) is 18.0 Å². The van der Waals surface area contributed by atoms with E-state index in [0.29, 0.717) is 12.8 Å². The Balaban J connectivity index is 2.03. The first-order chi connectivity index (χ1) is 11.2. The third kappa shape index (κ3) is 2.87. The zero-order valence-corrected chi connectivity index (χ0v) is 15.5. The first-order valence-corrected chi connectivity index (χ1v) is 9.51. The first kappa shape index (κ1) is 17.1. The highest BCUT2D eigenvalue weighted by Crippen LogP contribution is 2.46. The molecule has 3 rings (SSSR count). The lowest BCUT2D eigenvalue weighted by molar-refractivity contribution is 0.544. The monoisotopic (exact) mass is 413 g/mol. The average Bonchev–Trinajstić information content (AvgIpc) is 3.29.